The molecule has 8 heteroatoms. The zero-order chi connectivity index (χ0) is 22.8. The predicted octanol–water partition coefficient (Wildman–Crippen LogP) is 3.01. The first kappa shape index (κ1) is 21.7. The minimum absolute atomic E-state index is 0.0829. The van der Waals surface area contributed by atoms with E-state index in [1.807, 2.05) is 29.2 Å². The minimum atomic E-state index is -0.193. The lowest BCUT2D eigenvalue weighted by molar-refractivity contribution is -0.130. The van der Waals surface area contributed by atoms with Crippen molar-refractivity contribution in [2.75, 3.05) is 27.3 Å². The molecule has 168 valence electrons. The van der Waals surface area contributed by atoms with Crippen LogP contribution in [0.4, 0.5) is 0 Å². The van der Waals surface area contributed by atoms with E-state index in [-0.39, 0.29) is 17.6 Å². The maximum atomic E-state index is 13.1. The number of methoxy groups -OCH3 is 2. The van der Waals surface area contributed by atoms with Gasteiger partial charge in [-0.25, -0.2) is 4.98 Å². The van der Waals surface area contributed by atoms with E-state index in [2.05, 4.69) is 0 Å². The van der Waals surface area contributed by atoms with Gasteiger partial charge in [-0.3, -0.25) is 14.2 Å². The van der Waals surface area contributed by atoms with Crippen LogP contribution in [0, 0.1) is 0 Å². The van der Waals surface area contributed by atoms with Crippen molar-refractivity contribution < 1.29 is 19.0 Å². The molecule has 0 atom stereocenters. The van der Waals surface area contributed by atoms with E-state index in [0.29, 0.717) is 41.3 Å². The van der Waals surface area contributed by atoms with E-state index in [9.17, 15) is 9.59 Å². The fraction of sp³-hybridized carbons (Fsp3) is 0.375. The van der Waals surface area contributed by atoms with Crippen LogP contribution in [0.25, 0.3) is 22.3 Å². The topological polar surface area (TPSA) is 82.9 Å². The van der Waals surface area contributed by atoms with Crippen molar-refractivity contribution in [3.05, 3.63) is 46.8 Å². The van der Waals surface area contributed by atoms with Crippen molar-refractivity contribution in [2.24, 2.45) is 7.05 Å². The molecule has 0 aliphatic carbocycles. The van der Waals surface area contributed by atoms with E-state index < -0.39 is 0 Å². The summed E-state index contributed by atoms with van der Waals surface area (Å²) in [6.45, 7) is 3.03. The van der Waals surface area contributed by atoms with Gasteiger partial charge in [0.05, 0.1) is 19.7 Å². The van der Waals surface area contributed by atoms with Crippen LogP contribution in [-0.2, 0) is 11.8 Å². The molecule has 0 bridgehead atoms. The number of hydrogen-bond acceptors (Lipinski definition) is 6. The van der Waals surface area contributed by atoms with Crippen molar-refractivity contribution in [1.82, 2.24) is 14.5 Å². The number of piperidine rings is 1. The van der Waals surface area contributed by atoms with Gasteiger partial charge in [0.25, 0.3) is 5.56 Å². The summed E-state index contributed by atoms with van der Waals surface area (Å²) in [5.41, 5.74) is 1.12. The van der Waals surface area contributed by atoms with Gasteiger partial charge in [0.15, 0.2) is 0 Å². The van der Waals surface area contributed by atoms with E-state index >= 15 is 0 Å². The lowest BCUT2D eigenvalue weighted by Gasteiger charge is -2.31. The molecule has 1 aliphatic rings. The second kappa shape index (κ2) is 8.90. The average Bonchev–Trinajstić information content (AvgIpc) is 2.81. The molecule has 1 fully saturated rings. The van der Waals surface area contributed by atoms with Gasteiger partial charge in [-0.2, -0.15) is 0 Å². The summed E-state index contributed by atoms with van der Waals surface area (Å²) in [7, 11) is 4.77. The molecule has 0 radical (unpaired) electrons. The molecule has 1 amide bonds. The Balaban J connectivity index is 1.60. The molecule has 1 saturated heterocycles. The molecule has 0 spiro atoms. The summed E-state index contributed by atoms with van der Waals surface area (Å²) in [6, 6.07) is 11.0. The molecular formula is C24H27N3O5. The van der Waals surface area contributed by atoms with Crippen molar-refractivity contribution >= 4 is 16.8 Å². The number of benzene rings is 2. The third-order valence-corrected chi connectivity index (χ3v) is 5.88. The zero-order valence-corrected chi connectivity index (χ0v) is 18.8. The lowest BCUT2D eigenvalue weighted by atomic mass is 10.1. The van der Waals surface area contributed by atoms with Crippen LogP contribution in [-0.4, -0.2) is 53.8 Å². The Morgan fingerprint density at radius 3 is 2.31 bits per heavy atom. The standard InChI is InChI=1S/C24H27N3O5/c1-15(28)27-11-9-18(10-12-27)32-17-7-5-16(6-8-17)23-25-20-13-19(30-3)14-21(31-4)22(20)24(29)26(23)2/h5-8,13-14,18H,9-12H2,1-4H3. The highest BCUT2D eigenvalue weighted by Gasteiger charge is 2.22. The van der Waals surface area contributed by atoms with Gasteiger partial charge in [-0.05, 0) is 24.3 Å². The van der Waals surface area contributed by atoms with E-state index in [4.69, 9.17) is 19.2 Å². The largest absolute Gasteiger partial charge is 0.497 e. The van der Waals surface area contributed by atoms with Gasteiger partial charge >= 0.3 is 0 Å². The highest BCUT2D eigenvalue weighted by atomic mass is 16.5. The van der Waals surface area contributed by atoms with Gasteiger partial charge in [-0.1, -0.05) is 0 Å². The maximum Gasteiger partial charge on any atom is 0.265 e. The zero-order valence-electron chi connectivity index (χ0n) is 18.8. The summed E-state index contributed by atoms with van der Waals surface area (Å²) < 4.78 is 18.3. The quantitative estimate of drug-likeness (QED) is 0.610. The van der Waals surface area contributed by atoms with Crippen LogP contribution in [0.15, 0.2) is 41.2 Å². The fourth-order valence-electron chi connectivity index (χ4n) is 4.03. The number of amides is 1. The number of aromatic nitrogens is 2. The van der Waals surface area contributed by atoms with Crippen LogP contribution in [0.3, 0.4) is 0 Å². The van der Waals surface area contributed by atoms with Crippen LogP contribution in [0.5, 0.6) is 17.2 Å². The highest BCUT2D eigenvalue weighted by molar-refractivity contribution is 5.87. The first-order chi connectivity index (χ1) is 15.4. The Hall–Kier alpha value is -3.55. The van der Waals surface area contributed by atoms with E-state index in [1.165, 1.54) is 11.7 Å². The van der Waals surface area contributed by atoms with Crippen molar-refractivity contribution in [2.45, 2.75) is 25.9 Å². The van der Waals surface area contributed by atoms with Gasteiger partial charge in [0, 0.05) is 57.6 Å². The number of carbonyl (C=O) groups is 1. The van der Waals surface area contributed by atoms with Gasteiger partial charge in [0.1, 0.15) is 34.6 Å². The monoisotopic (exact) mass is 437 g/mol. The molecule has 0 unspecified atom stereocenters. The number of fused-ring (bicyclic) bond motifs is 1. The van der Waals surface area contributed by atoms with Crippen molar-refractivity contribution in [1.29, 1.82) is 0 Å². The molecule has 2 heterocycles. The number of nitrogens with zero attached hydrogens (tertiary/aromatic N) is 3. The lowest BCUT2D eigenvalue weighted by Crippen LogP contribution is -2.40. The summed E-state index contributed by atoms with van der Waals surface area (Å²) in [4.78, 5) is 31.1. The summed E-state index contributed by atoms with van der Waals surface area (Å²) in [5, 5.41) is 0.413. The van der Waals surface area contributed by atoms with E-state index in [1.54, 1.807) is 33.2 Å². The maximum absolute atomic E-state index is 13.1. The predicted molar refractivity (Wildman–Crippen MR) is 121 cm³/mol. The first-order valence-electron chi connectivity index (χ1n) is 10.6. The smallest absolute Gasteiger partial charge is 0.265 e. The van der Waals surface area contributed by atoms with Crippen LogP contribution < -0.4 is 19.8 Å². The summed E-state index contributed by atoms with van der Waals surface area (Å²) >= 11 is 0. The molecule has 2 aromatic carbocycles. The van der Waals surface area contributed by atoms with Crippen LogP contribution in [0.1, 0.15) is 19.8 Å². The Labute approximate surface area is 186 Å². The molecule has 4 rings (SSSR count). The second-order valence-electron chi connectivity index (χ2n) is 7.87. The Bertz CT molecular complexity index is 1190. The number of ether oxygens (including phenoxy) is 3. The molecule has 3 aromatic rings. The second-order valence-corrected chi connectivity index (χ2v) is 7.87. The van der Waals surface area contributed by atoms with Crippen LogP contribution in [0.2, 0.25) is 0 Å². The van der Waals surface area contributed by atoms with Crippen molar-refractivity contribution in [3.63, 3.8) is 0 Å². The molecular weight excluding hydrogens is 410 g/mol. The number of carbonyl (C=O) groups excluding carboxylic acids is 1. The molecule has 32 heavy (non-hydrogen) atoms. The molecule has 1 aliphatic heterocycles. The van der Waals surface area contributed by atoms with Gasteiger partial charge in [0.2, 0.25) is 5.91 Å². The minimum Gasteiger partial charge on any atom is -0.497 e. The molecule has 8 nitrogen and oxygen atoms in total. The highest BCUT2D eigenvalue weighted by Crippen LogP contribution is 2.30. The number of likely N-dealkylation sites (tertiary alicyclic amines) is 1. The van der Waals surface area contributed by atoms with Crippen molar-refractivity contribution in [3.8, 4) is 28.6 Å². The molecule has 0 N–H and O–H groups in total. The van der Waals surface area contributed by atoms with Gasteiger partial charge in [-0.15, -0.1) is 0 Å². The number of hydrogen-bond donors (Lipinski definition) is 0. The Morgan fingerprint density at radius 1 is 1.03 bits per heavy atom. The van der Waals surface area contributed by atoms with E-state index in [0.717, 1.165) is 24.2 Å². The summed E-state index contributed by atoms with van der Waals surface area (Å²) in [6.07, 6.45) is 1.71. The summed E-state index contributed by atoms with van der Waals surface area (Å²) in [5.74, 6) is 2.40. The van der Waals surface area contributed by atoms with Crippen LogP contribution >= 0.6 is 0 Å². The molecule has 0 saturated carbocycles. The Morgan fingerprint density at radius 2 is 1.72 bits per heavy atom. The SMILES string of the molecule is COc1cc(OC)c2c(=O)n(C)c(-c3ccc(OC4CCN(C(C)=O)CC4)cc3)nc2c1. The normalized spacial score (nSPS) is 14.4. The third kappa shape index (κ3) is 4.12. The average molecular weight is 437 g/mol. The number of rotatable bonds is 5. The first-order valence-corrected chi connectivity index (χ1v) is 10.6. The Kier molecular flexibility index (Phi) is 6.03. The fourth-order valence-corrected chi connectivity index (χ4v) is 4.03. The van der Waals surface area contributed by atoms with Gasteiger partial charge < -0.3 is 19.1 Å². The third-order valence-electron chi connectivity index (χ3n) is 5.88. The molecule has 1 aromatic heterocycles.